The van der Waals surface area contributed by atoms with Gasteiger partial charge < -0.3 is 15.3 Å². The smallest absolute Gasteiger partial charge is 0.253 e. The number of phenolic OH excluding ortho intramolecular Hbond substituents is 1. The van der Waals surface area contributed by atoms with Gasteiger partial charge in [-0.2, -0.15) is 0 Å². The standard InChI is InChI=1S/C14H19ClN2O2/c1-10(9-17-6-2-3-7-17)16-14(19)12-8-11(18)4-5-13(12)15/h4-5,8,10,18H,2-3,6-7,9H2,1H3,(H,16,19). The summed E-state index contributed by atoms with van der Waals surface area (Å²) in [5.74, 6) is -0.200. The Hall–Kier alpha value is -1.26. The van der Waals surface area contributed by atoms with Crippen LogP contribution in [0.2, 0.25) is 5.02 Å². The predicted octanol–water partition coefficient (Wildman–Crippen LogP) is 2.26. The lowest BCUT2D eigenvalue weighted by Crippen LogP contribution is -2.41. The summed E-state index contributed by atoms with van der Waals surface area (Å²) in [6, 6.07) is 4.44. The number of benzene rings is 1. The summed E-state index contributed by atoms with van der Waals surface area (Å²) < 4.78 is 0. The van der Waals surface area contributed by atoms with Gasteiger partial charge in [-0.3, -0.25) is 4.79 Å². The fourth-order valence-corrected chi connectivity index (χ4v) is 2.59. The summed E-state index contributed by atoms with van der Waals surface area (Å²) in [4.78, 5) is 14.4. The van der Waals surface area contributed by atoms with Crippen molar-refractivity contribution in [1.29, 1.82) is 0 Å². The van der Waals surface area contributed by atoms with Crippen LogP contribution in [0, 0.1) is 0 Å². The average Bonchev–Trinajstić information content (AvgIpc) is 2.84. The quantitative estimate of drug-likeness (QED) is 0.891. The minimum atomic E-state index is -0.243. The fourth-order valence-electron chi connectivity index (χ4n) is 2.39. The molecule has 2 rings (SSSR count). The number of carbonyl (C=O) groups excluding carboxylic acids is 1. The van der Waals surface area contributed by atoms with Crippen molar-refractivity contribution in [2.24, 2.45) is 0 Å². The van der Waals surface area contributed by atoms with Crippen molar-refractivity contribution in [2.75, 3.05) is 19.6 Å². The molecule has 0 saturated carbocycles. The molecule has 5 heteroatoms. The number of hydrogen-bond acceptors (Lipinski definition) is 3. The van der Waals surface area contributed by atoms with Crippen molar-refractivity contribution in [3.05, 3.63) is 28.8 Å². The lowest BCUT2D eigenvalue weighted by molar-refractivity contribution is 0.0931. The molecular weight excluding hydrogens is 264 g/mol. The molecule has 4 nitrogen and oxygen atoms in total. The molecule has 2 N–H and O–H groups in total. The number of amides is 1. The molecule has 0 spiro atoms. The van der Waals surface area contributed by atoms with Gasteiger partial charge in [0, 0.05) is 12.6 Å². The normalized spacial score (nSPS) is 17.4. The molecule has 0 radical (unpaired) electrons. The molecule has 104 valence electrons. The van der Waals surface area contributed by atoms with Crippen molar-refractivity contribution >= 4 is 17.5 Å². The number of aromatic hydroxyl groups is 1. The first-order valence-corrected chi connectivity index (χ1v) is 6.96. The predicted molar refractivity (Wildman–Crippen MR) is 75.7 cm³/mol. The van der Waals surface area contributed by atoms with E-state index < -0.39 is 0 Å². The number of nitrogens with one attached hydrogen (secondary N) is 1. The van der Waals surface area contributed by atoms with Gasteiger partial charge in [0.05, 0.1) is 10.6 Å². The number of phenols is 1. The first kappa shape index (κ1) is 14.2. The summed E-state index contributed by atoms with van der Waals surface area (Å²) in [6.45, 7) is 5.04. The molecule has 0 aromatic heterocycles. The minimum Gasteiger partial charge on any atom is -0.508 e. The average molecular weight is 283 g/mol. The molecule has 1 saturated heterocycles. The fraction of sp³-hybridized carbons (Fsp3) is 0.500. The van der Waals surface area contributed by atoms with Gasteiger partial charge in [0.15, 0.2) is 0 Å². The first-order chi connectivity index (χ1) is 9.06. The highest BCUT2D eigenvalue weighted by molar-refractivity contribution is 6.33. The van der Waals surface area contributed by atoms with Crippen molar-refractivity contribution in [2.45, 2.75) is 25.8 Å². The summed E-state index contributed by atoms with van der Waals surface area (Å²) in [5, 5.41) is 12.7. The molecule has 1 aromatic carbocycles. The van der Waals surface area contributed by atoms with E-state index in [2.05, 4.69) is 10.2 Å². The summed E-state index contributed by atoms with van der Waals surface area (Å²) in [7, 11) is 0. The van der Waals surface area contributed by atoms with Crippen LogP contribution in [0.5, 0.6) is 5.75 Å². The number of hydrogen-bond donors (Lipinski definition) is 2. The third-order valence-electron chi connectivity index (χ3n) is 3.30. The molecule has 1 fully saturated rings. The van der Waals surface area contributed by atoms with Crippen LogP contribution in [-0.2, 0) is 0 Å². The summed E-state index contributed by atoms with van der Waals surface area (Å²) in [5.41, 5.74) is 0.315. The highest BCUT2D eigenvalue weighted by atomic mass is 35.5. The van der Waals surface area contributed by atoms with Crippen molar-refractivity contribution in [3.8, 4) is 5.75 Å². The number of nitrogens with zero attached hydrogens (tertiary/aromatic N) is 1. The Morgan fingerprint density at radius 1 is 1.47 bits per heavy atom. The van der Waals surface area contributed by atoms with Gasteiger partial charge in [0.2, 0.25) is 0 Å². The second kappa shape index (κ2) is 6.26. The maximum Gasteiger partial charge on any atom is 0.253 e. The topological polar surface area (TPSA) is 52.6 Å². The summed E-state index contributed by atoms with van der Waals surface area (Å²) >= 11 is 5.96. The zero-order chi connectivity index (χ0) is 13.8. The third kappa shape index (κ3) is 3.85. The Balaban J connectivity index is 1.94. The highest BCUT2D eigenvalue weighted by Gasteiger charge is 2.18. The lowest BCUT2D eigenvalue weighted by atomic mass is 10.2. The molecule has 1 unspecified atom stereocenters. The van der Waals surface area contributed by atoms with Crippen LogP contribution in [-0.4, -0.2) is 41.6 Å². The van der Waals surface area contributed by atoms with Crippen LogP contribution in [0.25, 0.3) is 0 Å². The molecule has 1 aliphatic rings. The number of likely N-dealkylation sites (tertiary alicyclic amines) is 1. The second-order valence-electron chi connectivity index (χ2n) is 5.05. The van der Waals surface area contributed by atoms with Crippen LogP contribution < -0.4 is 5.32 Å². The monoisotopic (exact) mass is 282 g/mol. The lowest BCUT2D eigenvalue weighted by Gasteiger charge is -2.21. The van der Waals surface area contributed by atoms with E-state index in [4.69, 9.17) is 11.6 Å². The van der Waals surface area contributed by atoms with Crippen molar-refractivity contribution < 1.29 is 9.90 Å². The van der Waals surface area contributed by atoms with E-state index >= 15 is 0 Å². The first-order valence-electron chi connectivity index (χ1n) is 6.58. The third-order valence-corrected chi connectivity index (χ3v) is 3.63. The van der Waals surface area contributed by atoms with Gasteiger partial charge in [-0.1, -0.05) is 11.6 Å². The highest BCUT2D eigenvalue weighted by Crippen LogP contribution is 2.21. The van der Waals surface area contributed by atoms with Crippen LogP contribution >= 0.6 is 11.6 Å². The van der Waals surface area contributed by atoms with Gasteiger partial charge in [0.1, 0.15) is 5.75 Å². The zero-order valence-electron chi connectivity index (χ0n) is 11.0. The Morgan fingerprint density at radius 2 is 2.16 bits per heavy atom. The summed E-state index contributed by atoms with van der Waals surface area (Å²) in [6.07, 6.45) is 2.47. The van der Waals surface area contributed by atoms with Crippen LogP contribution in [0.15, 0.2) is 18.2 Å². The van der Waals surface area contributed by atoms with E-state index in [9.17, 15) is 9.90 Å². The molecule has 0 bridgehead atoms. The minimum absolute atomic E-state index is 0.0433. The Morgan fingerprint density at radius 3 is 2.84 bits per heavy atom. The Bertz CT molecular complexity index is 459. The van der Waals surface area contributed by atoms with Gasteiger partial charge in [0.25, 0.3) is 5.91 Å². The SMILES string of the molecule is CC(CN1CCCC1)NC(=O)c1cc(O)ccc1Cl. The molecule has 1 aliphatic heterocycles. The molecular formula is C14H19ClN2O2. The van der Waals surface area contributed by atoms with Crippen molar-refractivity contribution in [1.82, 2.24) is 10.2 Å². The largest absolute Gasteiger partial charge is 0.508 e. The van der Waals surface area contributed by atoms with E-state index in [0.29, 0.717) is 10.6 Å². The van der Waals surface area contributed by atoms with Gasteiger partial charge in [-0.05, 0) is 51.1 Å². The molecule has 0 aliphatic carbocycles. The molecule has 1 heterocycles. The molecule has 19 heavy (non-hydrogen) atoms. The Kier molecular flexibility index (Phi) is 4.66. The van der Waals surface area contributed by atoms with Crippen LogP contribution in [0.3, 0.4) is 0 Å². The van der Waals surface area contributed by atoms with Gasteiger partial charge >= 0.3 is 0 Å². The van der Waals surface area contributed by atoms with E-state index in [1.165, 1.54) is 31.0 Å². The zero-order valence-corrected chi connectivity index (χ0v) is 11.8. The molecule has 1 atom stereocenters. The number of halogens is 1. The Labute approximate surface area is 118 Å². The van der Waals surface area contributed by atoms with E-state index in [1.807, 2.05) is 6.92 Å². The van der Waals surface area contributed by atoms with Gasteiger partial charge in [-0.15, -0.1) is 0 Å². The van der Waals surface area contributed by atoms with Gasteiger partial charge in [-0.25, -0.2) is 0 Å². The number of rotatable bonds is 4. The van der Waals surface area contributed by atoms with Crippen molar-refractivity contribution in [3.63, 3.8) is 0 Å². The molecule has 1 aromatic rings. The van der Waals surface area contributed by atoms with E-state index in [0.717, 1.165) is 19.6 Å². The van der Waals surface area contributed by atoms with Crippen LogP contribution in [0.1, 0.15) is 30.1 Å². The maximum absolute atomic E-state index is 12.1. The van der Waals surface area contributed by atoms with E-state index in [-0.39, 0.29) is 17.7 Å². The van der Waals surface area contributed by atoms with E-state index in [1.54, 1.807) is 0 Å². The second-order valence-corrected chi connectivity index (χ2v) is 5.45. The maximum atomic E-state index is 12.1. The number of carbonyl (C=O) groups is 1. The molecule has 1 amide bonds. The van der Waals surface area contributed by atoms with Crippen LogP contribution in [0.4, 0.5) is 0 Å².